The lowest BCUT2D eigenvalue weighted by Crippen LogP contribution is -2.24. The first kappa shape index (κ1) is 16.6. The Bertz CT molecular complexity index is 904. The van der Waals surface area contributed by atoms with E-state index >= 15 is 0 Å². The molecule has 0 fully saturated rings. The highest BCUT2D eigenvalue weighted by Crippen LogP contribution is 2.26. The number of rotatable bonds is 4. The smallest absolute Gasteiger partial charge is 0.247 e. The van der Waals surface area contributed by atoms with E-state index in [1.807, 2.05) is 50.4 Å². The molecule has 0 bridgehead atoms. The monoisotopic (exact) mass is 358 g/mol. The van der Waals surface area contributed by atoms with Crippen LogP contribution in [0, 0.1) is 18.6 Å². The first-order valence-corrected chi connectivity index (χ1v) is 8.84. The van der Waals surface area contributed by atoms with Crippen LogP contribution in [0.15, 0.2) is 35.7 Å². The lowest BCUT2D eigenvalue weighted by Gasteiger charge is -2.16. The number of aryl methyl sites for hydroxylation is 2. The van der Waals surface area contributed by atoms with Crippen molar-refractivity contribution in [3.05, 3.63) is 51.6 Å². The first-order valence-electron chi connectivity index (χ1n) is 7.55. The summed E-state index contributed by atoms with van der Waals surface area (Å²) < 4.78 is 2.18. The standard InChI is InChI=1S/C17H18N4OS2/c1-10-7-11(2)9-13(8-10)18-16(22)12(3)21-15(19-20-17(21)23)14-5-4-6-24-14/h4-9,12H,1-3H3,(H,18,22)(H,20,23)/t12-/m0/s1. The fourth-order valence-electron chi connectivity index (χ4n) is 2.65. The minimum Gasteiger partial charge on any atom is -0.324 e. The number of thiophene rings is 1. The number of nitrogens with zero attached hydrogens (tertiary/aromatic N) is 2. The number of H-pyrrole nitrogens is 1. The van der Waals surface area contributed by atoms with Crippen LogP contribution < -0.4 is 5.32 Å². The molecule has 2 N–H and O–H groups in total. The molecule has 0 aliphatic carbocycles. The van der Waals surface area contributed by atoms with Gasteiger partial charge in [0.2, 0.25) is 5.91 Å². The summed E-state index contributed by atoms with van der Waals surface area (Å²) in [6, 6.07) is 9.40. The van der Waals surface area contributed by atoms with Crippen molar-refractivity contribution in [3.8, 4) is 10.7 Å². The minimum absolute atomic E-state index is 0.129. The fraction of sp³-hybridized carbons (Fsp3) is 0.235. The lowest BCUT2D eigenvalue weighted by molar-refractivity contribution is -0.118. The van der Waals surface area contributed by atoms with E-state index in [0.717, 1.165) is 21.7 Å². The van der Waals surface area contributed by atoms with Crippen LogP contribution in [-0.2, 0) is 4.79 Å². The summed E-state index contributed by atoms with van der Waals surface area (Å²) in [7, 11) is 0. The predicted octanol–water partition coefficient (Wildman–Crippen LogP) is 4.49. The van der Waals surface area contributed by atoms with E-state index in [2.05, 4.69) is 21.6 Å². The number of carbonyl (C=O) groups excluding carboxylic acids is 1. The van der Waals surface area contributed by atoms with Gasteiger partial charge in [0.15, 0.2) is 10.6 Å². The molecule has 0 aliphatic rings. The number of benzene rings is 1. The molecule has 124 valence electrons. The van der Waals surface area contributed by atoms with Crippen LogP contribution in [-0.4, -0.2) is 20.7 Å². The van der Waals surface area contributed by atoms with Gasteiger partial charge < -0.3 is 5.32 Å². The lowest BCUT2D eigenvalue weighted by atomic mass is 10.1. The molecule has 7 heteroatoms. The van der Waals surface area contributed by atoms with Crippen LogP contribution in [0.1, 0.15) is 24.1 Å². The maximum absolute atomic E-state index is 12.7. The Labute approximate surface area is 149 Å². The highest BCUT2D eigenvalue weighted by molar-refractivity contribution is 7.71. The van der Waals surface area contributed by atoms with Gasteiger partial charge in [-0.3, -0.25) is 14.5 Å². The number of amides is 1. The van der Waals surface area contributed by atoms with Crippen molar-refractivity contribution in [2.45, 2.75) is 26.8 Å². The van der Waals surface area contributed by atoms with Gasteiger partial charge in [0.1, 0.15) is 6.04 Å². The number of aromatic nitrogens is 3. The summed E-state index contributed by atoms with van der Waals surface area (Å²) in [4.78, 5) is 13.7. The molecule has 0 unspecified atom stereocenters. The second-order valence-electron chi connectivity index (χ2n) is 5.74. The van der Waals surface area contributed by atoms with E-state index in [9.17, 15) is 4.79 Å². The van der Waals surface area contributed by atoms with E-state index in [-0.39, 0.29) is 5.91 Å². The summed E-state index contributed by atoms with van der Waals surface area (Å²) in [5, 5.41) is 12.0. The van der Waals surface area contributed by atoms with Gasteiger partial charge in [0, 0.05) is 5.69 Å². The zero-order valence-corrected chi connectivity index (χ0v) is 15.3. The van der Waals surface area contributed by atoms with Gasteiger partial charge in [0.05, 0.1) is 4.88 Å². The Balaban J connectivity index is 1.89. The Morgan fingerprint density at radius 2 is 2.04 bits per heavy atom. The van der Waals surface area contributed by atoms with Gasteiger partial charge in [-0.05, 0) is 67.7 Å². The van der Waals surface area contributed by atoms with Crippen molar-refractivity contribution >= 4 is 35.1 Å². The number of hydrogen-bond donors (Lipinski definition) is 2. The van der Waals surface area contributed by atoms with Crippen LogP contribution in [0.5, 0.6) is 0 Å². The average molecular weight is 358 g/mol. The van der Waals surface area contributed by atoms with Crippen LogP contribution in [0.3, 0.4) is 0 Å². The summed E-state index contributed by atoms with van der Waals surface area (Å²) in [6.07, 6.45) is 0. The molecule has 2 aromatic heterocycles. The number of aromatic amines is 1. The van der Waals surface area contributed by atoms with E-state index in [0.29, 0.717) is 10.6 Å². The first-order chi connectivity index (χ1) is 11.5. The molecule has 0 aliphatic heterocycles. The highest BCUT2D eigenvalue weighted by atomic mass is 32.1. The van der Waals surface area contributed by atoms with Crippen LogP contribution >= 0.6 is 23.6 Å². The third-order valence-corrected chi connectivity index (χ3v) is 4.86. The van der Waals surface area contributed by atoms with E-state index in [1.54, 1.807) is 15.9 Å². The number of nitrogens with one attached hydrogen (secondary N) is 2. The molecular weight excluding hydrogens is 340 g/mol. The molecule has 1 aromatic carbocycles. The SMILES string of the molecule is Cc1cc(C)cc(NC(=O)[C@H](C)n2c(-c3cccs3)n[nH]c2=S)c1. The van der Waals surface area contributed by atoms with Gasteiger partial charge >= 0.3 is 0 Å². The van der Waals surface area contributed by atoms with Gasteiger partial charge in [-0.15, -0.1) is 11.3 Å². The molecule has 0 spiro atoms. The van der Waals surface area contributed by atoms with Gasteiger partial charge in [-0.2, -0.15) is 5.10 Å². The Hall–Kier alpha value is -2.25. The molecule has 3 aromatic rings. The Kier molecular flexibility index (Phi) is 4.64. The highest BCUT2D eigenvalue weighted by Gasteiger charge is 2.21. The maximum Gasteiger partial charge on any atom is 0.247 e. The number of anilines is 1. The van der Waals surface area contributed by atoms with E-state index in [4.69, 9.17) is 12.2 Å². The summed E-state index contributed by atoms with van der Waals surface area (Å²) in [5.41, 5.74) is 3.01. The van der Waals surface area contributed by atoms with Gasteiger partial charge in [-0.25, -0.2) is 0 Å². The minimum atomic E-state index is -0.478. The summed E-state index contributed by atoms with van der Waals surface area (Å²) in [6.45, 7) is 5.83. The Morgan fingerprint density at radius 3 is 2.67 bits per heavy atom. The molecule has 1 amide bonds. The van der Waals surface area contributed by atoms with Crippen molar-refractivity contribution in [1.29, 1.82) is 0 Å². The van der Waals surface area contributed by atoms with Gasteiger partial charge in [0.25, 0.3) is 0 Å². The molecule has 5 nitrogen and oxygen atoms in total. The molecule has 0 radical (unpaired) electrons. The van der Waals surface area contributed by atoms with Crippen LogP contribution in [0.25, 0.3) is 10.7 Å². The molecule has 3 rings (SSSR count). The van der Waals surface area contributed by atoms with E-state index < -0.39 is 6.04 Å². The van der Waals surface area contributed by atoms with Crippen molar-refractivity contribution in [2.24, 2.45) is 0 Å². The number of hydrogen-bond acceptors (Lipinski definition) is 4. The summed E-state index contributed by atoms with van der Waals surface area (Å²) in [5.74, 6) is 0.549. The molecular formula is C17H18N4OS2. The molecule has 2 heterocycles. The molecule has 1 atom stereocenters. The second-order valence-corrected chi connectivity index (χ2v) is 7.08. The van der Waals surface area contributed by atoms with Crippen LogP contribution in [0.2, 0.25) is 0 Å². The van der Waals surface area contributed by atoms with Crippen molar-refractivity contribution in [1.82, 2.24) is 14.8 Å². The normalized spacial score (nSPS) is 12.1. The quantitative estimate of drug-likeness (QED) is 0.676. The van der Waals surface area contributed by atoms with Crippen molar-refractivity contribution in [2.75, 3.05) is 5.32 Å². The van der Waals surface area contributed by atoms with Crippen molar-refractivity contribution in [3.63, 3.8) is 0 Å². The van der Waals surface area contributed by atoms with Gasteiger partial charge in [-0.1, -0.05) is 12.1 Å². The average Bonchev–Trinajstić information content (AvgIpc) is 3.14. The second kappa shape index (κ2) is 6.70. The fourth-order valence-corrected chi connectivity index (χ4v) is 3.65. The maximum atomic E-state index is 12.7. The zero-order chi connectivity index (χ0) is 17.3. The number of carbonyl (C=O) groups is 1. The zero-order valence-electron chi connectivity index (χ0n) is 13.7. The Morgan fingerprint density at radius 1 is 1.33 bits per heavy atom. The van der Waals surface area contributed by atoms with E-state index in [1.165, 1.54) is 0 Å². The molecule has 0 saturated carbocycles. The third kappa shape index (κ3) is 3.32. The molecule has 24 heavy (non-hydrogen) atoms. The largest absolute Gasteiger partial charge is 0.324 e. The van der Waals surface area contributed by atoms with Crippen LogP contribution in [0.4, 0.5) is 5.69 Å². The van der Waals surface area contributed by atoms with Crippen molar-refractivity contribution < 1.29 is 4.79 Å². The topological polar surface area (TPSA) is 62.7 Å². The molecule has 0 saturated heterocycles. The third-order valence-electron chi connectivity index (χ3n) is 3.70. The predicted molar refractivity (Wildman–Crippen MR) is 100.0 cm³/mol. The summed E-state index contributed by atoms with van der Waals surface area (Å²) >= 11 is 6.88.